The molecule has 25 heavy (non-hydrogen) atoms. The van der Waals surface area contributed by atoms with Crippen molar-refractivity contribution in [2.45, 2.75) is 32.7 Å². The van der Waals surface area contributed by atoms with Crippen LogP contribution in [0.2, 0.25) is 0 Å². The molecule has 2 N–H and O–H groups in total. The molecule has 1 aliphatic rings. The molecule has 0 radical (unpaired) electrons. The summed E-state index contributed by atoms with van der Waals surface area (Å²) in [5.74, 6) is 1.23. The van der Waals surface area contributed by atoms with Crippen molar-refractivity contribution < 1.29 is 4.79 Å². The van der Waals surface area contributed by atoms with E-state index in [9.17, 15) is 4.79 Å². The summed E-state index contributed by atoms with van der Waals surface area (Å²) in [6, 6.07) is 7.97. The van der Waals surface area contributed by atoms with Crippen LogP contribution in [0, 0.1) is 11.8 Å². The van der Waals surface area contributed by atoms with Crippen molar-refractivity contribution in [2.75, 3.05) is 13.1 Å². The molecular formula is C18H26ClN5O. The van der Waals surface area contributed by atoms with E-state index >= 15 is 0 Å². The van der Waals surface area contributed by atoms with Gasteiger partial charge < -0.3 is 10.6 Å². The predicted molar refractivity (Wildman–Crippen MR) is 99.8 cm³/mol. The highest BCUT2D eigenvalue weighted by Crippen LogP contribution is 2.24. The van der Waals surface area contributed by atoms with E-state index in [4.69, 9.17) is 0 Å². The number of carbonyl (C=O) groups is 1. The molecule has 1 aromatic heterocycles. The Morgan fingerprint density at radius 3 is 2.92 bits per heavy atom. The molecule has 7 heteroatoms. The molecule has 0 aliphatic carbocycles. The highest BCUT2D eigenvalue weighted by Gasteiger charge is 2.21. The summed E-state index contributed by atoms with van der Waals surface area (Å²) in [5, 5.41) is 10.5. The van der Waals surface area contributed by atoms with Gasteiger partial charge in [-0.05, 0) is 55.5 Å². The summed E-state index contributed by atoms with van der Waals surface area (Å²) in [6.45, 7) is 4.89. The molecule has 3 rings (SSSR count). The normalized spacial score (nSPS) is 16.0. The molecule has 0 spiro atoms. The fraction of sp³-hybridized carbons (Fsp3) is 0.500. The number of nitrogens with one attached hydrogen (secondary N) is 2. The number of hydrogen-bond donors (Lipinski definition) is 2. The highest BCUT2D eigenvalue weighted by atomic mass is 35.5. The van der Waals surface area contributed by atoms with Crippen molar-refractivity contribution in [3.8, 4) is 5.69 Å². The number of piperidine rings is 1. The Kier molecular flexibility index (Phi) is 7.40. The Hall–Kier alpha value is -1.92. The predicted octanol–water partition coefficient (Wildman–Crippen LogP) is 2.33. The first kappa shape index (κ1) is 19.4. The van der Waals surface area contributed by atoms with E-state index in [2.05, 4.69) is 27.6 Å². The molecule has 1 fully saturated rings. The maximum atomic E-state index is 12.2. The Balaban J connectivity index is 0.00000225. The molecule has 6 nitrogen and oxygen atoms in total. The number of amides is 1. The van der Waals surface area contributed by atoms with Crippen LogP contribution in [0.15, 0.2) is 36.9 Å². The molecule has 0 bridgehead atoms. The molecular weight excluding hydrogens is 338 g/mol. The van der Waals surface area contributed by atoms with Crippen LogP contribution in [-0.4, -0.2) is 33.8 Å². The van der Waals surface area contributed by atoms with E-state index in [0.29, 0.717) is 24.8 Å². The van der Waals surface area contributed by atoms with Crippen LogP contribution < -0.4 is 10.6 Å². The second-order valence-electron chi connectivity index (χ2n) is 6.56. The third-order valence-corrected chi connectivity index (χ3v) is 4.78. The second-order valence-corrected chi connectivity index (χ2v) is 6.56. The van der Waals surface area contributed by atoms with E-state index in [0.717, 1.165) is 24.3 Å². The van der Waals surface area contributed by atoms with Gasteiger partial charge in [0.05, 0.1) is 5.69 Å². The van der Waals surface area contributed by atoms with Crippen LogP contribution in [0.3, 0.4) is 0 Å². The molecule has 1 amide bonds. The average Bonchev–Trinajstić information content (AvgIpc) is 3.16. The fourth-order valence-electron chi connectivity index (χ4n) is 3.30. The first-order valence-corrected chi connectivity index (χ1v) is 8.64. The molecule has 2 heterocycles. The minimum Gasteiger partial charge on any atom is -0.352 e. The van der Waals surface area contributed by atoms with Gasteiger partial charge >= 0.3 is 0 Å². The number of rotatable bonds is 6. The number of hydrogen-bond acceptors (Lipinski definition) is 4. The Labute approximate surface area is 154 Å². The van der Waals surface area contributed by atoms with Gasteiger partial charge in [-0.2, -0.15) is 5.10 Å². The van der Waals surface area contributed by atoms with Crippen LogP contribution >= 0.6 is 12.4 Å². The second kappa shape index (κ2) is 9.53. The number of nitrogens with zero attached hydrogens (tertiary/aromatic N) is 3. The van der Waals surface area contributed by atoms with Gasteiger partial charge in [0, 0.05) is 13.0 Å². The number of benzene rings is 1. The molecule has 1 saturated heterocycles. The molecule has 1 unspecified atom stereocenters. The third-order valence-electron chi connectivity index (χ3n) is 4.78. The molecule has 1 aromatic carbocycles. The van der Waals surface area contributed by atoms with Crippen molar-refractivity contribution in [3.63, 3.8) is 0 Å². The number of halogens is 1. The van der Waals surface area contributed by atoms with Gasteiger partial charge in [0.2, 0.25) is 5.91 Å². The van der Waals surface area contributed by atoms with E-state index < -0.39 is 0 Å². The third kappa shape index (κ3) is 5.54. The largest absolute Gasteiger partial charge is 0.352 e. The highest BCUT2D eigenvalue weighted by molar-refractivity contribution is 5.85. The zero-order valence-corrected chi connectivity index (χ0v) is 15.3. The maximum absolute atomic E-state index is 12.2. The van der Waals surface area contributed by atoms with E-state index in [-0.39, 0.29) is 18.3 Å². The lowest BCUT2D eigenvalue weighted by molar-refractivity contribution is -0.122. The number of aromatic nitrogens is 3. The first-order chi connectivity index (χ1) is 11.7. The van der Waals surface area contributed by atoms with Gasteiger partial charge in [0.25, 0.3) is 0 Å². The minimum absolute atomic E-state index is 0. The lowest BCUT2D eigenvalue weighted by Crippen LogP contribution is -2.33. The molecule has 2 aromatic rings. The molecule has 1 aliphatic heterocycles. The lowest BCUT2D eigenvalue weighted by Gasteiger charge is -2.27. The molecule has 136 valence electrons. The van der Waals surface area contributed by atoms with Crippen molar-refractivity contribution in [3.05, 3.63) is 42.5 Å². The van der Waals surface area contributed by atoms with Gasteiger partial charge in [-0.1, -0.05) is 19.1 Å². The van der Waals surface area contributed by atoms with Gasteiger partial charge in [0.15, 0.2) is 0 Å². The van der Waals surface area contributed by atoms with Gasteiger partial charge in [0.1, 0.15) is 12.7 Å². The monoisotopic (exact) mass is 363 g/mol. The van der Waals surface area contributed by atoms with Gasteiger partial charge in [-0.15, -0.1) is 12.4 Å². The SMILES string of the molecule is CC(CC(=O)NCc1cccc(-n2cncn2)c1)C1CCNCC1.Cl. The summed E-state index contributed by atoms with van der Waals surface area (Å²) in [6.07, 6.45) is 6.13. The summed E-state index contributed by atoms with van der Waals surface area (Å²) < 4.78 is 1.71. The first-order valence-electron chi connectivity index (χ1n) is 8.64. The quantitative estimate of drug-likeness (QED) is 0.826. The zero-order valence-electron chi connectivity index (χ0n) is 14.5. The van der Waals surface area contributed by atoms with Crippen molar-refractivity contribution in [2.24, 2.45) is 11.8 Å². The molecule has 0 saturated carbocycles. The lowest BCUT2D eigenvalue weighted by atomic mass is 9.84. The van der Waals surface area contributed by atoms with Crippen molar-refractivity contribution >= 4 is 18.3 Å². The fourth-order valence-corrected chi connectivity index (χ4v) is 3.30. The van der Waals surface area contributed by atoms with E-state index in [1.165, 1.54) is 19.2 Å². The summed E-state index contributed by atoms with van der Waals surface area (Å²) >= 11 is 0. The smallest absolute Gasteiger partial charge is 0.220 e. The Bertz CT molecular complexity index is 655. The Morgan fingerprint density at radius 2 is 2.20 bits per heavy atom. The van der Waals surface area contributed by atoms with Crippen molar-refractivity contribution in [1.82, 2.24) is 25.4 Å². The van der Waals surface area contributed by atoms with Gasteiger partial charge in [-0.3, -0.25) is 4.79 Å². The van der Waals surface area contributed by atoms with Crippen LogP contribution in [0.25, 0.3) is 5.69 Å². The van der Waals surface area contributed by atoms with E-state index in [1.54, 1.807) is 11.0 Å². The maximum Gasteiger partial charge on any atom is 0.220 e. The minimum atomic E-state index is 0. The average molecular weight is 364 g/mol. The van der Waals surface area contributed by atoms with E-state index in [1.807, 2.05) is 24.3 Å². The van der Waals surface area contributed by atoms with Crippen LogP contribution in [0.1, 0.15) is 31.7 Å². The standard InChI is InChI=1S/C18H25N5O.ClH/c1-14(16-5-7-19-8-6-16)9-18(24)21-11-15-3-2-4-17(10-15)23-13-20-12-22-23;/h2-4,10,12-14,16,19H,5-9,11H2,1H3,(H,21,24);1H. The van der Waals surface area contributed by atoms with Crippen LogP contribution in [0.5, 0.6) is 0 Å². The number of carbonyl (C=O) groups excluding carboxylic acids is 1. The zero-order chi connectivity index (χ0) is 16.8. The molecule has 1 atom stereocenters. The Morgan fingerprint density at radius 1 is 1.40 bits per heavy atom. The van der Waals surface area contributed by atoms with Crippen LogP contribution in [-0.2, 0) is 11.3 Å². The topological polar surface area (TPSA) is 71.8 Å². The summed E-state index contributed by atoms with van der Waals surface area (Å²) in [4.78, 5) is 16.2. The summed E-state index contributed by atoms with van der Waals surface area (Å²) in [5.41, 5.74) is 2.01. The van der Waals surface area contributed by atoms with Crippen LogP contribution in [0.4, 0.5) is 0 Å². The summed E-state index contributed by atoms with van der Waals surface area (Å²) in [7, 11) is 0. The van der Waals surface area contributed by atoms with Crippen molar-refractivity contribution in [1.29, 1.82) is 0 Å². The van der Waals surface area contributed by atoms with Gasteiger partial charge in [-0.25, -0.2) is 9.67 Å².